The highest BCUT2D eigenvalue weighted by molar-refractivity contribution is 6.31. The van der Waals surface area contributed by atoms with Gasteiger partial charge in [-0.2, -0.15) is 0 Å². The Morgan fingerprint density at radius 2 is 2.12 bits per heavy atom. The number of carbonyl (C=O) groups is 1. The predicted octanol–water partition coefficient (Wildman–Crippen LogP) is 2.89. The Kier molecular flexibility index (Phi) is 4.44. The zero-order valence-corrected chi connectivity index (χ0v) is 10.1. The van der Waals surface area contributed by atoms with E-state index in [1.54, 1.807) is 0 Å². The third kappa shape index (κ3) is 2.80. The first kappa shape index (κ1) is 13.1. The van der Waals surface area contributed by atoms with Gasteiger partial charge in [-0.05, 0) is 24.1 Å². The lowest BCUT2D eigenvalue weighted by molar-refractivity contribution is 0.0888. The molecule has 1 rings (SSSR count). The lowest BCUT2D eigenvalue weighted by Crippen LogP contribution is -2.29. The van der Waals surface area contributed by atoms with Gasteiger partial charge in [-0.15, -0.1) is 0 Å². The predicted molar refractivity (Wildman–Crippen MR) is 63.1 cm³/mol. The van der Waals surface area contributed by atoms with E-state index in [1.165, 1.54) is 18.2 Å². The van der Waals surface area contributed by atoms with Crippen LogP contribution in [0.3, 0.4) is 0 Å². The van der Waals surface area contributed by atoms with Gasteiger partial charge in [-0.1, -0.05) is 25.4 Å². The fraction of sp³-hybridized carbons (Fsp3) is 0.417. The minimum Gasteiger partial charge on any atom is -0.330 e. The van der Waals surface area contributed by atoms with Crippen molar-refractivity contribution in [2.45, 2.75) is 13.8 Å². The molecule has 16 heavy (non-hydrogen) atoms. The van der Waals surface area contributed by atoms with Gasteiger partial charge in [-0.25, -0.2) is 4.39 Å². The first-order valence-corrected chi connectivity index (χ1v) is 5.54. The molecule has 0 heterocycles. The van der Waals surface area contributed by atoms with Gasteiger partial charge >= 0.3 is 0 Å². The Labute approximate surface area is 99.6 Å². The highest BCUT2D eigenvalue weighted by atomic mass is 35.5. The van der Waals surface area contributed by atoms with Crippen molar-refractivity contribution in [1.82, 2.24) is 0 Å². The molecule has 0 amide bonds. The van der Waals surface area contributed by atoms with Crippen molar-refractivity contribution in [3.05, 3.63) is 34.6 Å². The van der Waals surface area contributed by atoms with Crippen molar-refractivity contribution in [2.24, 2.45) is 17.6 Å². The topological polar surface area (TPSA) is 43.1 Å². The molecule has 1 aromatic rings. The fourth-order valence-electron chi connectivity index (χ4n) is 1.57. The normalized spacial score (nSPS) is 12.9. The van der Waals surface area contributed by atoms with Crippen molar-refractivity contribution in [1.29, 1.82) is 0 Å². The minimum atomic E-state index is -0.548. The first-order valence-electron chi connectivity index (χ1n) is 5.16. The molecule has 2 N–H and O–H groups in total. The molecule has 4 heteroatoms. The van der Waals surface area contributed by atoms with Crippen LogP contribution >= 0.6 is 11.6 Å². The average molecular weight is 244 g/mol. The molecule has 0 aliphatic carbocycles. The van der Waals surface area contributed by atoms with E-state index in [2.05, 4.69) is 0 Å². The lowest BCUT2D eigenvalue weighted by Gasteiger charge is -2.17. The molecule has 0 fully saturated rings. The number of hydrogen-bond donors (Lipinski definition) is 1. The van der Waals surface area contributed by atoms with E-state index in [0.29, 0.717) is 5.02 Å². The zero-order chi connectivity index (χ0) is 12.3. The minimum absolute atomic E-state index is 0.0247. The maximum atomic E-state index is 13.5. The van der Waals surface area contributed by atoms with Crippen LogP contribution < -0.4 is 5.73 Å². The number of hydrogen-bond acceptors (Lipinski definition) is 2. The monoisotopic (exact) mass is 243 g/mol. The van der Waals surface area contributed by atoms with Crippen LogP contribution in [0.4, 0.5) is 4.39 Å². The highest BCUT2D eigenvalue weighted by Crippen LogP contribution is 2.21. The maximum Gasteiger partial charge on any atom is 0.170 e. The molecule has 88 valence electrons. The van der Waals surface area contributed by atoms with Crippen LogP contribution in [0.2, 0.25) is 5.02 Å². The Morgan fingerprint density at radius 1 is 1.50 bits per heavy atom. The number of benzene rings is 1. The van der Waals surface area contributed by atoms with E-state index in [1.807, 2.05) is 13.8 Å². The maximum absolute atomic E-state index is 13.5. The van der Waals surface area contributed by atoms with E-state index in [4.69, 9.17) is 17.3 Å². The van der Waals surface area contributed by atoms with Crippen molar-refractivity contribution < 1.29 is 9.18 Å². The molecule has 0 aliphatic rings. The summed E-state index contributed by atoms with van der Waals surface area (Å²) in [7, 11) is 0. The average Bonchev–Trinajstić information content (AvgIpc) is 2.22. The summed E-state index contributed by atoms with van der Waals surface area (Å²) in [5.41, 5.74) is 5.55. The third-order valence-corrected chi connectivity index (χ3v) is 2.82. The molecule has 0 aromatic heterocycles. The fourth-order valence-corrected chi connectivity index (χ4v) is 1.74. The Hall–Kier alpha value is -0.930. The highest BCUT2D eigenvalue weighted by Gasteiger charge is 2.24. The van der Waals surface area contributed by atoms with Crippen LogP contribution in [-0.2, 0) is 0 Å². The van der Waals surface area contributed by atoms with Crippen LogP contribution in [0.15, 0.2) is 18.2 Å². The smallest absolute Gasteiger partial charge is 0.170 e. The van der Waals surface area contributed by atoms with Crippen LogP contribution in [-0.4, -0.2) is 12.3 Å². The summed E-state index contributed by atoms with van der Waals surface area (Å²) < 4.78 is 13.5. The molecule has 0 bridgehead atoms. The van der Waals surface area contributed by atoms with E-state index in [0.717, 1.165) is 0 Å². The number of nitrogens with two attached hydrogens (primary N) is 1. The number of ketones is 1. The van der Waals surface area contributed by atoms with Crippen LogP contribution in [0.5, 0.6) is 0 Å². The van der Waals surface area contributed by atoms with Gasteiger partial charge in [0.25, 0.3) is 0 Å². The van der Waals surface area contributed by atoms with Gasteiger partial charge in [0, 0.05) is 17.5 Å². The molecule has 1 unspecified atom stereocenters. The second-order valence-electron chi connectivity index (χ2n) is 4.07. The third-order valence-electron chi connectivity index (χ3n) is 2.59. The van der Waals surface area contributed by atoms with Gasteiger partial charge in [0.05, 0.1) is 5.56 Å². The van der Waals surface area contributed by atoms with Crippen molar-refractivity contribution in [2.75, 3.05) is 6.54 Å². The van der Waals surface area contributed by atoms with Gasteiger partial charge in [0.1, 0.15) is 5.82 Å². The van der Waals surface area contributed by atoms with Crippen molar-refractivity contribution in [3.63, 3.8) is 0 Å². The van der Waals surface area contributed by atoms with E-state index >= 15 is 0 Å². The van der Waals surface area contributed by atoms with Crippen LogP contribution in [0.25, 0.3) is 0 Å². The van der Waals surface area contributed by atoms with Crippen LogP contribution in [0.1, 0.15) is 24.2 Å². The largest absolute Gasteiger partial charge is 0.330 e. The summed E-state index contributed by atoms with van der Waals surface area (Å²) in [5, 5.41) is 0.351. The molecule has 0 saturated heterocycles. The number of carbonyl (C=O) groups excluding carboxylic acids is 1. The van der Waals surface area contributed by atoms with Gasteiger partial charge < -0.3 is 5.73 Å². The van der Waals surface area contributed by atoms with Gasteiger partial charge in [-0.3, -0.25) is 4.79 Å². The van der Waals surface area contributed by atoms with Crippen molar-refractivity contribution in [3.8, 4) is 0 Å². The quantitative estimate of drug-likeness (QED) is 0.827. The molecule has 0 radical (unpaired) electrons. The summed E-state index contributed by atoms with van der Waals surface area (Å²) in [4.78, 5) is 12.0. The first-order chi connectivity index (χ1) is 7.47. The standard InChI is InChI=1S/C12H15ClFNO/c1-7(2)10(6-15)12(16)9-5-8(13)3-4-11(9)14/h3-5,7,10H,6,15H2,1-2H3. The number of halogens is 2. The number of Topliss-reactive ketones (excluding diaryl/α,β-unsaturated/α-hetero) is 1. The molecule has 0 spiro atoms. The Balaban J connectivity index is 3.08. The SMILES string of the molecule is CC(C)C(CN)C(=O)c1cc(Cl)ccc1F. The summed E-state index contributed by atoms with van der Waals surface area (Å²) in [6.07, 6.45) is 0. The van der Waals surface area contributed by atoms with E-state index < -0.39 is 5.82 Å². The summed E-state index contributed by atoms with van der Waals surface area (Å²) in [5.74, 6) is -1.12. The van der Waals surface area contributed by atoms with Crippen LogP contribution in [0, 0.1) is 17.7 Å². The van der Waals surface area contributed by atoms with E-state index in [-0.39, 0.29) is 29.7 Å². The molecule has 1 aromatic carbocycles. The van der Waals surface area contributed by atoms with Crippen molar-refractivity contribution >= 4 is 17.4 Å². The molecule has 0 saturated carbocycles. The summed E-state index contributed by atoms with van der Waals surface area (Å²) in [6.45, 7) is 3.98. The second kappa shape index (κ2) is 5.41. The Morgan fingerprint density at radius 3 is 2.62 bits per heavy atom. The molecular weight excluding hydrogens is 229 g/mol. The summed E-state index contributed by atoms with van der Waals surface area (Å²) in [6, 6.07) is 3.97. The summed E-state index contributed by atoms with van der Waals surface area (Å²) >= 11 is 5.74. The van der Waals surface area contributed by atoms with E-state index in [9.17, 15) is 9.18 Å². The lowest BCUT2D eigenvalue weighted by atomic mass is 9.88. The van der Waals surface area contributed by atoms with Gasteiger partial charge in [0.2, 0.25) is 0 Å². The molecule has 2 nitrogen and oxygen atoms in total. The molecule has 1 atom stereocenters. The number of rotatable bonds is 4. The molecule has 0 aliphatic heterocycles. The van der Waals surface area contributed by atoms with Gasteiger partial charge in [0.15, 0.2) is 5.78 Å². The second-order valence-corrected chi connectivity index (χ2v) is 4.51. The molecular formula is C12H15ClFNO. The Bertz CT molecular complexity index is 393. The zero-order valence-electron chi connectivity index (χ0n) is 9.34.